The van der Waals surface area contributed by atoms with Crippen LogP contribution in [-0.2, 0) is 6.42 Å². The van der Waals surface area contributed by atoms with Crippen LogP contribution in [0.3, 0.4) is 0 Å². The molecule has 144 valence electrons. The molecule has 0 unspecified atom stereocenters. The van der Waals surface area contributed by atoms with Crippen LogP contribution in [0.5, 0.6) is 17.5 Å². The third-order valence-corrected chi connectivity index (χ3v) is 5.53. The molecule has 6 nitrogen and oxygen atoms in total. The van der Waals surface area contributed by atoms with Gasteiger partial charge in [0.2, 0.25) is 11.8 Å². The summed E-state index contributed by atoms with van der Waals surface area (Å²) in [6.07, 6.45) is 4.53. The van der Waals surface area contributed by atoms with E-state index in [9.17, 15) is 15.4 Å². The molecular formula is C20H20BClN2O4. The van der Waals surface area contributed by atoms with Crippen LogP contribution in [-0.4, -0.2) is 34.2 Å². The highest BCUT2D eigenvalue weighted by atomic mass is 35.5. The topological polar surface area (TPSA) is 95.6 Å². The number of benzene rings is 1. The number of hydrogen-bond acceptors (Lipinski definition) is 6. The van der Waals surface area contributed by atoms with Crippen molar-refractivity contribution in [3.8, 4) is 23.6 Å². The Morgan fingerprint density at radius 3 is 2.86 bits per heavy atom. The first kappa shape index (κ1) is 19.1. The minimum absolute atomic E-state index is 0.162. The van der Waals surface area contributed by atoms with Crippen molar-refractivity contribution in [2.45, 2.75) is 44.0 Å². The van der Waals surface area contributed by atoms with Gasteiger partial charge in [-0.1, -0.05) is 17.7 Å². The van der Waals surface area contributed by atoms with Gasteiger partial charge in [0.1, 0.15) is 22.4 Å². The SMILES string of the molecule is N#Cc1cc(Cl)c(Oc2ccc3c(c2)CCB3O)nc1OCCCC1(O)CC1. The van der Waals surface area contributed by atoms with Crippen LogP contribution in [0.25, 0.3) is 0 Å². The third kappa shape index (κ3) is 4.09. The Morgan fingerprint density at radius 1 is 1.29 bits per heavy atom. The zero-order chi connectivity index (χ0) is 19.7. The number of nitrogens with zero attached hydrogens (tertiary/aromatic N) is 2. The Hall–Kier alpha value is -2.27. The van der Waals surface area contributed by atoms with Crippen molar-refractivity contribution < 1.29 is 19.6 Å². The zero-order valence-corrected chi connectivity index (χ0v) is 16.1. The number of aryl methyl sites for hydroxylation is 1. The van der Waals surface area contributed by atoms with E-state index in [1.54, 1.807) is 6.07 Å². The second kappa shape index (κ2) is 7.63. The molecule has 2 N–H and O–H groups in total. The second-order valence-corrected chi connectivity index (χ2v) is 7.84. The van der Waals surface area contributed by atoms with Gasteiger partial charge < -0.3 is 19.6 Å². The van der Waals surface area contributed by atoms with E-state index in [2.05, 4.69) is 4.98 Å². The van der Waals surface area contributed by atoms with Gasteiger partial charge in [-0.15, -0.1) is 0 Å². The summed E-state index contributed by atoms with van der Waals surface area (Å²) in [5, 5.41) is 29.3. The highest BCUT2D eigenvalue weighted by molar-refractivity contribution is 6.68. The first-order valence-corrected chi connectivity index (χ1v) is 9.80. The predicted octanol–water partition coefficient (Wildman–Crippen LogP) is 2.83. The Bertz CT molecular complexity index is 943. The Morgan fingerprint density at radius 2 is 2.11 bits per heavy atom. The standard InChI is InChI=1S/C20H20BClN2O4/c22-17-11-14(12-23)18(27-9-1-5-20(25)6-7-20)24-19(17)28-15-2-3-16-13(10-15)4-8-21(16)26/h2-3,10-11,25-26H,1,4-9H2. The molecule has 0 saturated heterocycles. The number of hydrogen-bond donors (Lipinski definition) is 2. The minimum Gasteiger partial charge on any atom is -0.477 e. The Kier molecular flexibility index (Phi) is 5.20. The van der Waals surface area contributed by atoms with Crippen molar-refractivity contribution in [3.05, 3.63) is 40.4 Å². The van der Waals surface area contributed by atoms with Crippen molar-refractivity contribution in [2.75, 3.05) is 6.61 Å². The lowest BCUT2D eigenvalue weighted by Gasteiger charge is -2.13. The van der Waals surface area contributed by atoms with Gasteiger partial charge in [-0.05, 0) is 67.6 Å². The smallest absolute Gasteiger partial charge is 0.324 e. The Balaban J connectivity index is 1.48. The fourth-order valence-corrected chi connectivity index (χ4v) is 3.62. The largest absolute Gasteiger partial charge is 0.477 e. The van der Waals surface area contributed by atoms with Gasteiger partial charge in [0.25, 0.3) is 0 Å². The van der Waals surface area contributed by atoms with E-state index >= 15 is 0 Å². The molecule has 1 aromatic heterocycles. The lowest BCUT2D eigenvalue weighted by Crippen LogP contribution is -2.25. The quantitative estimate of drug-likeness (QED) is 0.550. The molecule has 0 spiro atoms. The summed E-state index contributed by atoms with van der Waals surface area (Å²) in [7, 11) is 0. The van der Waals surface area contributed by atoms with Crippen molar-refractivity contribution in [1.82, 2.24) is 4.98 Å². The predicted molar refractivity (Wildman–Crippen MR) is 106 cm³/mol. The maximum absolute atomic E-state index is 9.92. The second-order valence-electron chi connectivity index (χ2n) is 7.43. The normalized spacial score (nSPS) is 16.4. The van der Waals surface area contributed by atoms with Gasteiger partial charge >= 0.3 is 6.92 Å². The maximum Gasteiger partial charge on any atom is 0.324 e. The number of ether oxygens (including phenoxy) is 2. The summed E-state index contributed by atoms with van der Waals surface area (Å²) in [5.41, 5.74) is 1.68. The highest BCUT2D eigenvalue weighted by Crippen LogP contribution is 2.39. The average molecular weight is 399 g/mol. The van der Waals surface area contributed by atoms with Crippen molar-refractivity contribution in [2.24, 2.45) is 0 Å². The van der Waals surface area contributed by atoms with Gasteiger partial charge in [0.05, 0.1) is 12.2 Å². The van der Waals surface area contributed by atoms with Crippen LogP contribution in [0.15, 0.2) is 24.3 Å². The summed E-state index contributed by atoms with van der Waals surface area (Å²) in [5.74, 6) is 0.894. The first-order valence-electron chi connectivity index (χ1n) is 9.42. The summed E-state index contributed by atoms with van der Waals surface area (Å²) in [4.78, 5) is 4.29. The number of fused-ring (bicyclic) bond motifs is 1. The van der Waals surface area contributed by atoms with Crippen LogP contribution in [0, 0.1) is 11.3 Å². The minimum atomic E-state index is -0.524. The Labute approximate surface area is 168 Å². The number of rotatable bonds is 7. The molecule has 0 bridgehead atoms. The first-order chi connectivity index (χ1) is 13.5. The molecule has 1 saturated carbocycles. The van der Waals surface area contributed by atoms with E-state index in [4.69, 9.17) is 21.1 Å². The molecule has 0 radical (unpaired) electrons. The van der Waals surface area contributed by atoms with Gasteiger partial charge in [-0.2, -0.15) is 10.2 Å². The van der Waals surface area contributed by atoms with Gasteiger partial charge in [0, 0.05) is 0 Å². The lowest BCUT2D eigenvalue weighted by molar-refractivity contribution is 0.129. The maximum atomic E-state index is 9.92. The molecule has 1 aliphatic heterocycles. The highest BCUT2D eigenvalue weighted by Gasteiger charge is 2.39. The van der Waals surface area contributed by atoms with E-state index in [0.29, 0.717) is 31.5 Å². The summed E-state index contributed by atoms with van der Waals surface area (Å²) in [6, 6.07) is 8.99. The molecule has 1 aliphatic carbocycles. The van der Waals surface area contributed by atoms with Crippen molar-refractivity contribution >= 4 is 24.0 Å². The van der Waals surface area contributed by atoms with E-state index in [1.165, 1.54) is 6.07 Å². The average Bonchev–Trinajstić information content (AvgIpc) is 3.31. The summed E-state index contributed by atoms with van der Waals surface area (Å²) < 4.78 is 11.5. The molecular weight excluding hydrogens is 378 g/mol. The van der Waals surface area contributed by atoms with E-state index in [0.717, 1.165) is 30.3 Å². The van der Waals surface area contributed by atoms with Crippen LogP contribution in [0.2, 0.25) is 11.3 Å². The number of halogens is 1. The lowest BCUT2D eigenvalue weighted by atomic mass is 9.63. The molecule has 0 amide bonds. The van der Waals surface area contributed by atoms with Crippen LogP contribution in [0.4, 0.5) is 0 Å². The number of nitriles is 1. The molecule has 4 rings (SSSR count). The molecule has 0 atom stereocenters. The van der Waals surface area contributed by atoms with E-state index < -0.39 is 12.5 Å². The molecule has 1 fully saturated rings. The number of pyridine rings is 1. The molecule has 8 heteroatoms. The van der Waals surface area contributed by atoms with E-state index in [-0.39, 0.29) is 22.3 Å². The zero-order valence-electron chi connectivity index (χ0n) is 15.3. The molecule has 1 aromatic carbocycles. The molecule has 2 aromatic rings. The molecule has 2 heterocycles. The summed E-state index contributed by atoms with van der Waals surface area (Å²) >= 11 is 6.23. The van der Waals surface area contributed by atoms with Crippen LogP contribution >= 0.6 is 11.6 Å². The third-order valence-electron chi connectivity index (χ3n) is 5.26. The van der Waals surface area contributed by atoms with Crippen molar-refractivity contribution in [3.63, 3.8) is 0 Å². The van der Waals surface area contributed by atoms with Gasteiger partial charge in [0.15, 0.2) is 0 Å². The molecule has 28 heavy (non-hydrogen) atoms. The monoisotopic (exact) mass is 398 g/mol. The fraction of sp³-hybridized carbons (Fsp3) is 0.400. The van der Waals surface area contributed by atoms with E-state index in [1.807, 2.05) is 18.2 Å². The fourth-order valence-electron chi connectivity index (χ4n) is 3.43. The van der Waals surface area contributed by atoms with Crippen LogP contribution in [0.1, 0.15) is 36.8 Å². The summed E-state index contributed by atoms with van der Waals surface area (Å²) in [6.45, 7) is -0.0729. The van der Waals surface area contributed by atoms with Gasteiger partial charge in [-0.3, -0.25) is 0 Å². The van der Waals surface area contributed by atoms with Crippen LogP contribution < -0.4 is 14.9 Å². The van der Waals surface area contributed by atoms with Gasteiger partial charge in [-0.25, -0.2) is 0 Å². The van der Waals surface area contributed by atoms with Crippen molar-refractivity contribution in [1.29, 1.82) is 5.26 Å². The molecule has 2 aliphatic rings. The number of aromatic nitrogens is 1. The number of aliphatic hydroxyl groups is 1.